The standard InChI is InChI=1S/C24H20BrNO3S/c25-22-8-4-10-24(16-22)30(27,28)26(18-23-9-5-15-29-23)17-19-11-13-21(14-12-19)20-6-2-1-3-7-20/h1-16H,17-18H2. The fraction of sp³-hybridized carbons (Fsp3) is 0.0833. The van der Waals surface area contributed by atoms with Gasteiger partial charge in [0.15, 0.2) is 0 Å². The summed E-state index contributed by atoms with van der Waals surface area (Å²) in [6.45, 7) is 0.396. The van der Waals surface area contributed by atoms with Crippen molar-refractivity contribution in [3.63, 3.8) is 0 Å². The van der Waals surface area contributed by atoms with Crippen molar-refractivity contribution in [2.24, 2.45) is 0 Å². The average Bonchev–Trinajstić information content (AvgIpc) is 3.28. The third-order valence-electron chi connectivity index (χ3n) is 4.77. The number of hydrogen-bond acceptors (Lipinski definition) is 3. The van der Waals surface area contributed by atoms with Crippen molar-refractivity contribution < 1.29 is 12.8 Å². The third-order valence-corrected chi connectivity index (χ3v) is 7.05. The van der Waals surface area contributed by atoms with Gasteiger partial charge >= 0.3 is 0 Å². The Morgan fingerprint density at radius 3 is 2.17 bits per heavy atom. The molecule has 0 aliphatic carbocycles. The highest BCUT2D eigenvalue weighted by molar-refractivity contribution is 9.10. The minimum atomic E-state index is -3.72. The molecule has 0 saturated heterocycles. The summed E-state index contributed by atoms with van der Waals surface area (Å²) in [4.78, 5) is 0.240. The maximum atomic E-state index is 13.4. The van der Waals surface area contributed by atoms with Crippen LogP contribution in [0.15, 0.2) is 111 Å². The zero-order valence-electron chi connectivity index (χ0n) is 16.1. The molecule has 0 aliphatic heterocycles. The molecule has 0 fully saturated rings. The number of rotatable bonds is 7. The van der Waals surface area contributed by atoms with E-state index in [1.54, 1.807) is 42.7 Å². The molecule has 30 heavy (non-hydrogen) atoms. The number of sulfonamides is 1. The van der Waals surface area contributed by atoms with Gasteiger partial charge in [-0.2, -0.15) is 4.31 Å². The van der Waals surface area contributed by atoms with Crippen LogP contribution in [-0.4, -0.2) is 12.7 Å². The summed E-state index contributed by atoms with van der Waals surface area (Å²) < 4.78 is 34.3. The second kappa shape index (κ2) is 9.00. The van der Waals surface area contributed by atoms with Crippen LogP contribution < -0.4 is 0 Å². The monoisotopic (exact) mass is 481 g/mol. The number of furan rings is 1. The first-order valence-electron chi connectivity index (χ1n) is 9.45. The maximum Gasteiger partial charge on any atom is 0.243 e. The van der Waals surface area contributed by atoms with Crippen molar-refractivity contribution in [1.29, 1.82) is 0 Å². The molecule has 6 heteroatoms. The molecular formula is C24H20BrNO3S. The number of hydrogen-bond donors (Lipinski definition) is 0. The van der Waals surface area contributed by atoms with E-state index in [4.69, 9.17) is 4.42 Å². The van der Waals surface area contributed by atoms with Crippen molar-refractivity contribution in [3.8, 4) is 11.1 Å². The lowest BCUT2D eigenvalue weighted by Gasteiger charge is -2.22. The van der Waals surface area contributed by atoms with Gasteiger partial charge in [0, 0.05) is 11.0 Å². The summed E-state index contributed by atoms with van der Waals surface area (Å²) in [6, 6.07) is 28.3. The Morgan fingerprint density at radius 1 is 0.767 bits per heavy atom. The zero-order chi connectivity index (χ0) is 21.0. The smallest absolute Gasteiger partial charge is 0.243 e. The molecule has 0 saturated carbocycles. The normalized spacial score (nSPS) is 11.7. The van der Waals surface area contributed by atoms with E-state index in [1.807, 2.05) is 42.5 Å². The van der Waals surface area contributed by atoms with Gasteiger partial charge in [0.05, 0.1) is 17.7 Å². The van der Waals surface area contributed by atoms with Crippen LogP contribution in [0.3, 0.4) is 0 Å². The Hall–Kier alpha value is -2.67. The number of benzene rings is 3. The molecule has 0 amide bonds. The Kier molecular flexibility index (Phi) is 6.18. The molecule has 0 radical (unpaired) electrons. The minimum absolute atomic E-state index is 0.155. The lowest BCUT2D eigenvalue weighted by Crippen LogP contribution is -2.30. The van der Waals surface area contributed by atoms with E-state index < -0.39 is 10.0 Å². The Balaban J connectivity index is 1.63. The number of nitrogens with zero attached hydrogens (tertiary/aromatic N) is 1. The highest BCUT2D eigenvalue weighted by Crippen LogP contribution is 2.25. The molecular weight excluding hydrogens is 462 g/mol. The van der Waals surface area contributed by atoms with E-state index in [-0.39, 0.29) is 18.0 Å². The van der Waals surface area contributed by atoms with E-state index in [9.17, 15) is 8.42 Å². The molecule has 0 atom stereocenters. The summed E-state index contributed by atoms with van der Waals surface area (Å²) in [6.07, 6.45) is 1.55. The van der Waals surface area contributed by atoms with Gasteiger partial charge in [0.2, 0.25) is 10.0 Å². The lowest BCUT2D eigenvalue weighted by atomic mass is 10.0. The van der Waals surface area contributed by atoms with E-state index in [0.717, 1.165) is 16.7 Å². The number of halogens is 1. The van der Waals surface area contributed by atoms with Gasteiger partial charge in [-0.3, -0.25) is 0 Å². The van der Waals surface area contributed by atoms with Crippen molar-refractivity contribution in [2.75, 3.05) is 0 Å². The van der Waals surface area contributed by atoms with Gasteiger partial charge in [-0.05, 0) is 47.0 Å². The summed E-state index contributed by atoms with van der Waals surface area (Å²) in [5, 5.41) is 0. The Morgan fingerprint density at radius 2 is 1.50 bits per heavy atom. The van der Waals surface area contributed by atoms with Crippen LogP contribution in [0.1, 0.15) is 11.3 Å². The third kappa shape index (κ3) is 4.73. The zero-order valence-corrected chi connectivity index (χ0v) is 18.5. The van der Waals surface area contributed by atoms with E-state index >= 15 is 0 Å². The SMILES string of the molecule is O=S(=O)(c1cccc(Br)c1)N(Cc1ccc(-c2ccccc2)cc1)Cc1ccco1. The first-order chi connectivity index (χ1) is 14.5. The highest BCUT2D eigenvalue weighted by atomic mass is 79.9. The molecule has 4 nitrogen and oxygen atoms in total. The van der Waals surface area contributed by atoms with Crippen molar-refractivity contribution >= 4 is 26.0 Å². The predicted octanol–water partition coefficient (Wildman–Crippen LogP) is 6.10. The van der Waals surface area contributed by atoms with Gasteiger partial charge in [0.1, 0.15) is 5.76 Å². The van der Waals surface area contributed by atoms with Crippen LogP contribution in [0.4, 0.5) is 0 Å². The van der Waals surface area contributed by atoms with Gasteiger partial charge < -0.3 is 4.42 Å². The fourth-order valence-corrected chi connectivity index (χ4v) is 5.21. The van der Waals surface area contributed by atoms with E-state index in [0.29, 0.717) is 10.2 Å². The van der Waals surface area contributed by atoms with Crippen LogP contribution in [0, 0.1) is 0 Å². The van der Waals surface area contributed by atoms with Crippen molar-refractivity contribution in [1.82, 2.24) is 4.31 Å². The first-order valence-corrected chi connectivity index (χ1v) is 11.7. The van der Waals surface area contributed by atoms with Gasteiger partial charge in [-0.15, -0.1) is 0 Å². The summed E-state index contributed by atoms with van der Waals surface area (Å²) in [5.41, 5.74) is 3.12. The van der Waals surface area contributed by atoms with Crippen LogP contribution in [-0.2, 0) is 23.1 Å². The average molecular weight is 482 g/mol. The molecule has 0 bridgehead atoms. The lowest BCUT2D eigenvalue weighted by molar-refractivity contribution is 0.358. The van der Waals surface area contributed by atoms with Crippen molar-refractivity contribution in [2.45, 2.75) is 18.0 Å². The van der Waals surface area contributed by atoms with Crippen molar-refractivity contribution in [3.05, 3.63) is 113 Å². The molecule has 4 rings (SSSR count). The topological polar surface area (TPSA) is 50.5 Å². The predicted molar refractivity (Wildman–Crippen MR) is 121 cm³/mol. The van der Waals surface area contributed by atoms with Crippen LogP contribution in [0.25, 0.3) is 11.1 Å². The quantitative estimate of drug-likeness (QED) is 0.320. The maximum absolute atomic E-state index is 13.4. The first kappa shape index (κ1) is 20.6. The van der Waals surface area contributed by atoms with E-state index in [2.05, 4.69) is 28.1 Å². The minimum Gasteiger partial charge on any atom is -0.468 e. The van der Waals surface area contributed by atoms with Gasteiger partial charge in [-0.25, -0.2) is 8.42 Å². The largest absolute Gasteiger partial charge is 0.468 e. The Bertz CT molecular complexity index is 1210. The molecule has 4 aromatic rings. The summed E-state index contributed by atoms with van der Waals surface area (Å²) in [7, 11) is -3.72. The van der Waals surface area contributed by atoms with Gasteiger partial charge in [0.25, 0.3) is 0 Å². The fourth-order valence-electron chi connectivity index (χ4n) is 3.22. The molecule has 152 valence electrons. The van der Waals surface area contributed by atoms with Crippen LogP contribution >= 0.6 is 15.9 Å². The summed E-state index contributed by atoms with van der Waals surface area (Å²) >= 11 is 3.36. The molecule has 3 aromatic carbocycles. The molecule has 0 spiro atoms. The second-order valence-electron chi connectivity index (χ2n) is 6.87. The molecule has 0 unspecified atom stereocenters. The second-order valence-corrected chi connectivity index (χ2v) is 9.73. The molecule has 1 heterocycles. The van der Waals surface area contributed by atoms with E-state index in [1.165, 1.54) is 4.31 Å². The summed E-state index contributed by atoms with van der Waals surface area (Å²) in [5.74, 6) is 0.592. The highest BCUT2D eigenvalue weighted by Gasteiger charge is 2.26. The molecule has 0 aliphatic rings. The Labute approximate surface area is 185 Å². The van der Waals surface area contributed by atoms with Gasteiger partial charge in [-0.1, -0.05) is 76.6 Å². The molecule has 0 N–H and O–H groups in total. The molecule has 1 aromatic heterocycles. The van der Waals surface area contributed by atoms with Crippen LogP contribution in [0.5, 0.6) is 0 Å². The van der Waals surface area contributed by atoms with Crippen LogP contribution in [0.2, 0.25) is 0 Å².